The van der Waals surface area contributed by atoms with Crippen molar-refractivity contribution in [3.8, 4) is 0 Å². The van der Waals surface area contributed by atoms with E-state index in [2.05, 4.69) is 5.32 Å². The number of rotatable bonds is 5. The lowest BCUT2D eigenvalue weighted by Gasteiger charge is -2.42. The van der Waals surface area contributed by atoms with Crippen LogP contribution in [0.25, 0.3) is 0 Å². The van der Waals surface area contributed by atoms with Crippen LogP contribution in [0.15, 0.2) is 52.2 Å². The van der Waals surface area contributed by atoms with Gasteiger partial charge in [0.05, 0.1) is 4.90 Å². The molecular weight excluding hydrogens is 402 g/mol. The van der Waals surface area contributed by atoms with E-state index in [1.807, 2.05) is 19.9 Å². The average molecular weight is 430 g/mol. The van der Waals surface area contributed by atoms with Crippen molar-refractivity contribution in [3.63, 3.8) is 0 Å². The van der Waals surface area contributed by atoms with Gasteiger partial charge < -0.3 is 9.88 Å². The highest BCUT2D eigenvalue weighted by Gasteiger charge is 2.39. The molecule has 3 heterocycles. The van der Waals surface area contributed by atoms with Gasteiger partial charge >= 0.3 is 0 Å². The first-order valence-electron chi connectivity index (χ1n) is 10.3. The maximum atomic E-state index is 13.2. The molecule has 1 fully saturated rings. The van der Waals surface area contributed by atoms with Crippen LogP contribution in [0.5, 0.6) is 0 Å². The summed E-state index contributed by atoms with van der Waals surface area (Å²) in [6.45, 7) is 5.27. The number of amides is 1. The SMILES string of the molecule is CC(C)CC(=O)Nc1ccc(S(=O)(=O)N2C[C@@H]3C[C@@H](C2)c2cccc(=O)n2C3)cc1. The van der Waals surface area contributed by atoms with Crippen LogP contribution in [0.1, 0.15) is 38.3 Å². The van der Waals surface area contributed by atoms with Crippen molar-refractivity contribution in [2.24, 2.45) is 11.8 Å². The third-order valence-corrected chi connectivity index (χ3v) is 7.66. The normalized spacial score (nSPS) is 21.3. The fraction of sp³-hybridized carbons (Fsp3) is 0.455. The molecule has 7 nitrogen and oxygen atoms in total. The molecule has 0 radical (unpaired) electrons. The number of carbonyl (C=O) groups is 1. The first kappa shape index (κ1) is 20.8. The molecule has 4 rings (SSSR count). The maximum absolute atomic E-state index is 13.2. The molecule has 30 heavy (non-hydrogen) atoms. The average Bonchev–Trinajstić information content (AvgIpc) is 2.68. The fourth-order valence-electron chi connectivity index (χ4n) is 4.49. The van der Waals surface area contributed by atoms with Gasteiger partial charge in [-0.25, -0.2) is 8.42 Å². The number of hydrogen-bond donors (Lipinski definition) is 1. The summed E-state index contributed by atoms with van der Waals surface area (Å²) in [6.07, 6.45) is 1.32. The Kier molecular flexibility index (Phi) is 5.55. The molecule has 1 aromatic heterocycles. The van der Waals surface area contributed by atoms with Gasteiger partial charge in [0, 0.05) is 49.4 Å². The summed E-state index contributed by atoms with van der Waals surface area (Å²) in [7, 11) is -3.65. The number of benzene rings is 1. The van der Waals surface area contributed by atoms with Gasteiger partial charge in [-0.2, -0.15) is 4.31 Å². The number of nitrogens with one attached hydrogen (secondary N) is 1. The predicted octanol–water partition coefficient (Wildman–Crippen LogP) is 2.64. The lowest BCUT2D eigenvalue weighted by atomic mass is 9.84. The number of nitrogens with zero attached hydrogens (tertiary/aromatic N) is 2. The molecule has 1 amide bonds. The van der Waals surface area contributed by atoms with Crippen molar-refractivity contribution < 1.29 is 13.2 Å². The summed E-state index contributed by atoms with van der Waals surface area (Å²) in [6, 6.07) is 11.6. The van der Waals surface area contributed by atoms with Crippen LogP contribution in [0.4, 0.5) is 5.69 Å². The lowest BCUT2D eigenvalue weighted by Crippen LogP contribution is -2.48. The predicted molar refractivity (Wildman–Crippen MR) is 115 cm³/mol. The van der Waals surface area contributed by atoms with Gasteiger partial charge in [0.25, 0.3) is 5.56 Å². The van der Waals surface area contributed by atoms with E-state index < -0.39 is 10.0 Å². The fourth-order valence-corrected chi connectivity index (χ4v) is 6.05. The number of piperidine rings is 1. The van der Waals surface area contributed by atoms with E-state index in [9.17, 15) is 18.0 Å². The minimum absolute atomic E-state index is 0.0198. The van der Waals surface area contributed by atoms with Crippen molar-refractivity contribution in [1.29, 1.82) is 0 Å². The molecular formula is C22H27N3O4S. The Morgan fingerprint density at radius 3 is 2.53 bits per heavy atom. The second-order valence-corrected chi connectivity index (χ2v) is 10.6. The summed E-state index contributed by atoms with van der Waals surface area (Å²) in [5, 5.41) is 2.80. The Morgan fingerprint density at radius 2 is 1.83 bits per heavy atom. The maximum Gasteiger partial charge on any atom is 0.250 e. The number of hydrogen-bond acceptors (Lipinski definition) is 4. The Bertz CT molecular complexity index is 1110. The summed E-state index contributed by atoms with van der Waals surface area (Å²) in [4.78, 5) is 24.3. The molecule has 0 spiro atoms. The van der Waals surface area contributed by atoms with E-state index in [0.717, 1.165) is 12.1 Å². The Balaban J connectivity index is 1.52. The zero-order chi connectivity index (χ0) is 21.5. The smallest absolute Gasteiger partial charge is 0.250 e. The molecule has 8 heteroatoms. The van der Waals surface area contributed by atoms with Gasteiger partial charge in [-0.05, 0) is 48.6 Å². The van der Waals surface area contributed by atoms with Gasteiger partial charge in [0.1, 0.15) is 0 Å². The first-order valence-corrected chi connectivity index (χ1v) is 11.8. The van der Waals surface area contributed by atoms with E-state index in [4.69, 9.17) is 0 Å². The number of fused-ring (bicyclic) bond motifs is 4. The zero-order valence-electron chi connectivity index (χ0n) is 17.2. The molecule has 2 atom stereocenters. The van der Waals surface area contributed by atoms with Gasteiger partial charge in [-0.15, -0.1) is 0 Å². The van der Waals surface area contributed by atoms with Crippen LogP contribution in [0.2, 0.25) is 0 Å². The number of anilines is 1. The van der Waals surface area contributed by atoms with Crippen LogP contribution in [-0.4, -0.2) is 36.3 Å². The zero-order valence-corrected chi connectivity index (χ0v) is 18.1. The Labute approximate surface area is 176 Å². The molecule has 2 aliphatic rings. The molecule has 0 saturated carbocycles. The van der Waals surface area contributed by atoms with Crippen molar-refractivity contribution in [2.45, 2.75) is 44.0 Å². The monoisotopic (exact) mass is 429 g/mol. The molecule has 160 valence electrons. The standard InChI is InChI=1S/C22H27N3O4S/c1-15(2)10-21(26)23-18-6-8-19(9-7-18)30(28,29)24-12-16-11-17(14-24)20-4-3-5-22(27)25(20)13-16/h3-9,15-17H,10-14H2,1-2H3,(H,23,26)/t16-,17-/m0/s1. The third kappa shape index (κ3) is 4.06. The molecule has 0 aliphatic carbocycles. The van der Waals surface area contributed by atoms with Gasteiger partial charge in [0.2, 0.25) is 15.9 Å². The second kappa shape index (κ2) is 8.00. The van der Waals surface area contributed by atoms with E-state index in [-0.39, 0.29) is 34.1 Å². The third-order valence-electron chi connectivity index (χ3n) is 5.82. The highest BCUT2D eigenvalue weighted by Crippen LogP contribution is 2.37. The van der Waals surface area contributed by atoms with E-state index in [1.165, 1.54) is 0 Å². The summed E-state index contributed by atoms with van der Waals surface area (Å²) >= 11 is 0. The van der Waals surface area contributed by atoms with Gasteiger partial charge in [-0.1, -0.05) is 19.9 Å². The molecule has 1 saturated heterocycles. The van der Waals surface area contributed by atoms with Gasteiger partial charge in [0.15, 0.2) is 0 Å². The summed E-state index contributed by atoms with van der Waals surface area (Å²) in [5.41, 5.74) is 1.49. The molecule has 1 N–H and O–H groups in total. The van der Waals surface area contributed by atoms with Crippen LogP contribution >= 0.6 is 0 Å². The number of sulfonamides is 1. The molecule has 2 aliphatic heterocycles. The molecule has 1 aromatic carbocycles. The molecule has 0 unspecified atom stereocenters. The second-order valence-electron chi connectivity index (χ2n) is 8.69. The Morgan fingerprint density at radius 1 is 1.10 bits per heavy atom. The minimum Gasteiger partial charge on any atom is -0.326 e. The summed E-state index contributed by atoms with van der Waals surface area (Å²) in [5.74, 6) is 0.319. The van der Waals surface area contributed by atoms with Crippen molar-refractivity contribution in [3.05, 3.63) is 58.5 Å². The van der Waals surface area contributed by atoms with Crippen molar-refractivity contribution in [1.82, 2.24) is 8.87 Å². The quantitative estimate of drug-likeness (QED) is 0.791. The lowest BCUT2D eigenvalue weighted by molar-refractivity contribution is -0.116. The highest BCUT2D eigenvalue weighted by atomic mass is 32.2. The van der Waals surface area contributed by atoms with Crippen LogP contribution in [0.3, 0.4) is 0 Å². The van der Waals surface area contributed by atoms with Crippen LogP contribution in [-0.2, 0) is 21.4 Å². The minimum atomic E-state index is -3.65. The van der Waals surface area contributed by atoms with Crippen LogP contribution in [0, 0.1) is 11.8 Å². The highest BCUT2D eigenvalue weighted by molar-refractivity contribution is 7.89. The van der Waals surface area contributed by atoms with E-state index in [0.29, 0.717) is 31.7 Å². The molecule has 2 aromatic rings. The van der Waals surface area contributed by atoms with E-state index >= 15 is 0 Å². The van der Waals surface area contributed by atoms with Crippen molar-refractivity contribution >= 4 is 21.6 Å². The van der Waals surface area contributed by atoms with Gasteiger partial charge in [-0.3, -0.25) is 9.59 Å². The topological polar surface area (TPSA) is 88.5 Å². The largest absolute Gasteiger partial charge is 0.326 e. The number of carbonyl (C=O) groups excluding carboxylic acids is 1. The number of pyridine rings is 1. The first-order chi connectivity index (χ1) is 14.2. The van der Waals surface area contributed by atoms with Crippen molar-refractivity contribution in [2.75, 3.05) is 18.4 Å². The number of aromatic nitrogens is 1. The Hall–Kier alpha value is -2.45. The van der Waals surface area contributed by atoms with Crippen LogP contribution < -0.4 is 10.9 Å². The molecule has 2 bridgehead atoms. The van der Waals surface area contributed by atoms with E-state index in [1.54, 1.807) is 45.3 Å². The summed E-state index contributed by atoms with van der Waals surface area (Å²) < 4.78 is 29.8.